The van der Waals surface area contributed by atoms with Crippen molar-refractivity contribution in [3.63, 3.8) is 0 Å². The van der Waals surface area contributed by atoms with Gasteiger partial charge >= 0.3 is 6.09 Å². The number of nitrogens with zero attached hydrogens (tertiary/aromatic N) is 1. The zero-order chi connectivity index (χ0) is 12.0. The van der Waals surface area contributed by atoms with E-state index in [9.17, 15) is 14.0 Å². The van der Waals surface area contributed by atoms with Crippen LogP contribution in [-0.2, 0) is 4.74 Å². The molecule has 0 aromatic carbocycles. The van der Waals surface area contributed by atoms with Crippen molar-refractivity contribution in [2.75, 3.05) is 13.2 Å². The maximum absolute atomic E-state index is 12.6. The fourth-order valence-electron chi connectivity index (χ4n) is 0.962. The van der Waals surface area contributed by atoms with E-state index in [0.29, 0.717) is 0 Å². The van der Waals surface area contributed by atoms with Gasteiger partial charge in [0.05, 0.1) is 6.54 Å². The van der Waals surface area contributed by atoms with Crippen molar-refractivity contribution in [3.8, 4) is 0 Å². The van der Waals surface area contributed by atoms with Gasteiger partial charge in [-0.3, -0.25) is 4.79 Å². The van der Waals surface area contributed by atoms with E-state index in [-0.39, 0.29) is 18.7 Å². The molecule has 0 spiro atoms. The van der Waals surface area contributed by atoms with Crippen LogP contribution in [0.2, 0.25) is 0 Å². The molecule has 0 fully saturated rings. The fraction of sp³-hybridized carbons (Fsp3) is 0.222. The Labute approximate surface area is 90.6 Å². The Kier molecular flexibility index (Phi) is 4.19. The van der Waals surface area contributed by atoms with Crippen molar-refractivity contribution in [2.45, 2.75) is 0 Å². The standard InChI is InChI=1S/C9H10FN3O3/c10-7-5-6(1-2-12-7)8(14)13-3-4-16-9(11)15/h1-2,5H,3-4H2,(H2,11,15)(H,13,14). The molecule has 1 aromatic heterocycles. The van der Waals surface area contributed by atoms with Crippen LogP contribution < -0.4 is 11.1 Å². The second-order valence-corrected chi connectivity index (χ2v) is 2.79. The van der Waals surface area contributed by atoms with E-state index in [1.165, 1.54) is 12.3 Å². The number of carbonyl (C=O) groups is 2. The monoisotopic (exact) mass is 227 g/mol. The average molecular weight is 227 g/mol. The number of aromatic nitrogens is 1. The van der Waals surface area contributed by atoms with Gasteiger partial charge in [0.25, 0.3) is 5.91 Å². The summed E-state index contributed by atoms with van der Waals surface area (Å²) in [6, 6.07) is 2.37. The van der Waals surface area contributed by atoms with Crippen molar-refractivity contribution >= 4 is 12.0 Å². The third-order valence-corrected chi connectivity index (χ3v) is 1.62. The molecule has 0 saturated carbocycles. The minimum Gasteiger partial charge on any atom is -0.448 e. The molecule has 1 heterocycles. The first-order chi connectivity index (χ1) is 7.59. The Hall–Kier alpha value is -2.18. The highest BCUT2D eigenvalue weighted by Crippen LogP contribution is 1.99. The Morgan fingerprint density at radius 3 is 2.94 bits per heavy atom. The molecule has 0 radical (unpaired) electrons. The summed E-state index contributed by atoms with van der Waals surface area (Å²) in [5, 5.41) is 2.42. The van der Waals surface area contributed by atoms with E-state index < -0.39 is 17.9 Å². The summed E-state index contributed by atoms with van der Waals surface area (Å²) in [6.07, 6.45) is 0.272. The lowest BCUT2D eigenvalue weighted by molar-refractivity contribution is 0.0936. The molecular weight excluding hydrogens is 217 g/mol. The van der Waals surface area contributed by atoms with Gasteiger partial charge in [-0.25, -0.2) is 9.78 Å². The molecule has 7 heteroatoms. The van der Waals surface area contributed by atoms with E-state index >= 15 is 0 Å². The van der Waals surface area contributed by atoms with Crippen LogP contribution in [0.5, 0.6) is 0 Å². The Balaban J connectivity index is 2.38. The number of nitrogens with two attached hydrogens (primary N) is 1. The molecule has 1 aromatic rings. The average Bonchev–Trinajstić information content (AvgIpc) is 2.24. The van der Waals surface area contributed by atoms with Gasteiger partial charge in [0, 0.05) is 17.8 Å². The fourth-order valence-corrected chi connectivity index (χ4v) is 0.962. The number of rotatable bonds is 4. The van der Waals surface area contributed by atoms with Crippen molar-refractivity contribution in [1.82, 2.24) is 10.3 Å². The molecular formula is C9H10FN3O3. The molecule has 2 amide bonds. The second-order valence-electron chi connectivity index (χ2n) is 2.79. The number of hydrogen-bond acceptors (Lipinski definition) is 4. The van der Waals surface area contributed by atoms with Crippen molar-refractivity contribution in [2.24, 2.45) is 5.73 Å². The van der Waals surface area contributed by atoms with Gasteiger partial charge in [0.1, 0.15) is 6.61 Å². The predicted octanol–water partition coefficient (Wildman–Crippen LogP) is 0.0458. The lowest BCUT2D eigenvalue weighted by Gasteiger charge is -2.04. The number of halogens is 1. The molecule has 0 saturated heterocycles. The van der Waals surface area contributed by atoms with E-state index in [4.69, 9.17) is 5.73 Å². The molecule has 0 bridgehead atoms. The summed E-state index contributed by atoms with van der Waals surface area (Å²) >= 11 is 0. The summed E-state index contributed by atoms with van der Waals surface area (Å²) in [5.74, 6) is -1.21. The number of pyridine rings is 1. The van der Waals surface area contributed by atoms with Crippen molar-refractivity contribution in [3.05, 3.63) is 29.8 Å². The number of nitrogens with one attached hydrogen (secondary N) is 1. The number of ether oxygens (including phenoxy) is 1. The summed E-state index contributed by atoms with van der Waals surface area (Å²) in [4.78, 5) is 24.9. The summed E-state index contributed by atoms with van der Waals surface area (Å²) in [5.41, 5.74) is 4.85. The Bertz CT molecular complexity index is 397. The topological polar surface area (TPSA) is 94.3 Å². The molecule has 0 atom stereocenters. The Morgan fingerprint density at radius 2 is 2.31 bits per heavy atom. The normalized spacial score (nSPS) is 9.56. The van der Waals surface area contributed by atoms with Crippen LogP contribution in [-0.4, -0.2) is 30.1 Å². The van der Waals surface area contributed by atoms with Gasteiger partial charge in [0.2, 0.25) is 5.95 Å². The van der Waals surface area contributed by atoms with Gasteiger partial charge in [-0.2, -0.15) is 4.39 Å². The first kappa shape index (κ1) is 11.9. The predicted molar refractivity (Wildman–Crippen MR) is 52.1 cm³/mol. The van der Waals surface area contributed by atoms with Crippen LogP contribution in [0.1, 0.15) is 10.4 Å². The molecule has 0 aliphatic heterocycles. The van der Waals surface area contributed by atoms with Gasteiger partial charge < -0.3 is 15.8 Å². The van der Waals surface area contributed by atoms with Crippen LogP contribution in [0, 0.1) is 5.95 Å². The zero-order valence-electron chi connectivity index (χ0n) is 8.27. The van der Waals surface area contributed by atoms with Crippen LogP contribution >= 0.6 is 0 Å². The van der Waals surface area contributed by atoms with Crippen molar-refractivity contribution < 1.29 is 18.7 Å². The second kappa shape index (κ2) is 5.64. The molecule has 0 aliphatic carbocycles. The van der Waals surface area contributed by atoms with E-state index in [1.54, 1.807) is 0 Å². The number of carbonyl (C=O) groups excluding carboxylic acids is 2. The minimum absolute atomic E-state index is 0.0331. The molecule has 6 nitrogen and oxygen atoms in total. The van der Waals surface area contributed by atoms with Gasteiger partial charge in [-0.05, 0) is 6.07 Å². The maximum Gasteiger partial charge on any atom is 0.404 e. The van der Waals surface area contributed by atoms with Crippen LogP contribution in [0.3, 0.4) is 0 Å². The molecule has 0 aliphatic rings. The largest absolute Gasteiger partial charge is 0.448 e. The maximum atomic E-state index is 12.6. The first-order valence-corrected chi connectivity index (χ1v) is 4.41. The third-order valence-electron chi connectivity index (χ3n) is 1.62. The summed E-state index contributed by atoms with van der Waals surface area (Å²) in [6.45, 7) is 0.0698. The molecule has 86 valence electrons. The first-order valence-electron chi connectivity index (χ1n) is 4.41. The van der Waals surface area contributed by atoms with Crippen molar-refractivity contribution in [1.29, 1.82) is 0 Å². The van der Waals surface area contributed by atoms with E-state index in [1.807, 2.05) is 0 Å². The zero-order valence-corrected chi connectivity index (χ0v) is 8.27. The Morgan fingerprint density at radius 1 is 1.56 bits per heavy atom. The highest BCUT2D eigenvalue weighted by atomic mass is 19.1. The number of amides is 2. The molecule has 3 N–H and O–H groups in total. The lowest BCUT2D eigenvalue weighted by Crippen LogP contribution is -2.29. The number of primary amides is 1. The third kappa shape index (κ3) is 3.91. The highest BCUT2D eigenvalue weighted by Gasteiger charge is 2.06. The van der Waals surface area contributed by atoms with Gasteiger partial charge in [0.15, 0.2) is 0 Å². The highest BCUT2D eigenvalue weighted by molar-refractivity contribution is 5.93. The smallest absolute Gasteiger partial charge is 0.404 e. The van der Waals surface area contributed by atoms with Crippen LogP contribution in [0.15, 0.2) is 18.3 Å². The van der Waals surface area contributed by atoms with Gasteiger partial charge in [-0.15, -0.1) is 0 Å². The van der Waals surface area contributed by atoms with Gasteiger partial charge in [-0.1, -0.05) is 0 Å². The molecule has 1 rings (SSSR count). The van der Waals surface area contributed by atoms with Crippen LogP contribution in [0.4, 0.5) is 9.18 Å². The van der Waals surface area contributed by atoms with Crippen LogP contribution in [0.25, 0.3) is 0 Å². The SMILES string of the molecule is NC(=O)OCCNC(=O)c1ccnc(F)c1. The molecule has 0 unspecified atom stereocenters. The van der Waals surface area contributed by atoms with E-state index in [2.05, 4.69) is 15.0 Å². The lowest BCUT2D eigenvalue weighted by atomic mass is 10.2. The quantitative estimate of drug-likeness (QED) is 0.561. The molecule has 16 heavy (non-hydrogen) atoms. The van der Waals surface area contributed by atoms with E-state index in [0.717, 1.165) is 6.07 Å². The summed E-state index contributed by atoms with van der Waals surface area (Å²) in [7, 11) is 0. The minimum atomic E-state index is -0.913. The number of hydrogen-bond donors (Lipinski definition) is 2. The summed E-state index contributed by atoms with van der Waals surface area (Å²) < 4.78 is 17.0.